The molecule has 0 aromatic carbocycles. The molecule has 102 valence electrons. The number of hydrogen-bond acceptors (Lipinski definition) is 5. The number of nitrogens with zero attached hydrogens (tertiary/aromatic N) is 2. The highest BCUT2D eigenvalue weighted by Crippen LogP contribution is 2.42. The molecule has 1 unspecified atom stereocenters. The number of hydrogen-bond donors (Lipinski definition) is 1. The van der Waals surface area contributed by atoms with Crippen molar-refractivity contribution >= 4 is 17.2 Å². The van der Waals surface area contributed by atoms with Crippen molar-refractivity contribution in [2.75, 3.05) is 7.11 Å². The van der Waals surface area contributed by atoms with Crippen molar-refractivity contribution in [3.63, 3.8) is 0 Å². The lowest BCUT2D eigenvalue weighted by atomic mass is 9.88. The predicted molar refractivity (Wildman–Crippen MR) is 72.3 cm³/mol. The summed E-state index contributed by atoms with van der Waals surface area (Å²) in [5, 5.41) is 13.3. The van der Waals surface area contributed by atoms with Crippen molar-refractivity contribution in [1.29, 1.82) is 0 Å². The van der Waals surface area contributed by atoms with E-state index in [-0.39, 0.29) is 17.6 Å². The molecule has 5 nitrogen and oxygen atoms in total. The Bertz CT molecular complexity index is 506. The van der Waals surface area contributed by atoms with E-state index < -0.39 is 0 Å². The van der Waals surface area contributed by atoms with Crippen molar-refractivity contribution in [3.8, 4) is 0 Å². The van der Waals surface area contributed by atoms with Crippen molar-refractivity contribution in [2.24, 2.45) is 10.2 Å². The quantitative estimate of drug-likeness (QED) is 0.921. The smallest absolute Gasteiger partial charge is 0.261 e. The maximum atomic E-state index is 12.2. The summed E-state index contributed by atoms with van der Waals surface area (Å²) in [7, 11) is 1.65. The SMILES string of the molecule is COCc1csc(C(=O)NC2CCCC3(C2)N=N3)c1. The van der Waals surface area contributed by atoms with Crippen LogP contribution in [-0.4, -0.2) is 24.7 Å². The Morgan fingerprint density at radius 1 is 1.63 bits per heavy atom. The van der Waals surface area contributed by atoms with Crippen LogP contribution in [0.1, 0.15) is 40.9 Å². The maximum Gasteiger partial charge on any atom is 0.261 e. The summed E-state index contributed by atoms with van der Waals surface area (Å²) >= 11 is 1.46. The molecule has 1 aromatic heterocycles. The summed E-state index contributed by atoms with van der Waals surface area (Å²) in [5.41, 5.74) is 0.900. The van der Waals surface area contributed by atoms with E-state index in [1.54, 1.807) is 7.11 Å². The van der Waals surface area contributed by atoms with Crippen molar-refractivity contribution < 1.29 is 9.53 Å². The molecule has 1 spiro atoms. The number of nitrogens with one attached hydrogen (secondary N) is 1. The lowest BCUT2D eigenvalue weighted by molar-refractivity contribution is 0.0926. The van der Waals surface area contributed by atoms with Gasteiger partial charge in [0.1, 0.15) is 0 Å². The van der Waals surface area contributed by atoms with Gasteiger partial charge in [0.05, 0.1) is 11.5 Å². The number of carbonyl (C=O) groups is 1. The maximum absolute atomic E-state index is 12.2. The highest BCUT2D eigenvalue weighted by Gasteiger charge is 2.44. The van der Waals surface area contributed by atoms with Crippen LogP contribution in [0.4, 0.5) is 0 Å². The topological polar surface area (TPSA) is 63.0 Å². The number of rotatable bonds is 4. The van der Waals surface area contributed by atoms with Gasteiger partial charge >= 0.3 is 0 Å². The number of methoxy groups -OCH3 is 1. The number of carbonyl (C=O) groups excluding carboxylic acids is 1. The van der Waals surface area contributed by atoms with Gasteiger partial charge < -0.3 is 10.1 Å². The molecule has 1 aliphatic carbocycles. The molecule has 2 aliphatic rings. The van der Waals surface area contributed by atoms with E-state index >= 15 is 0 Å². The fourth-order valence-electron chi connectivity index (χ4n) is 2.60. The third kappa shape index (κ3) is 2.84. The van der Waals surface area contributed by atoms with Crippen LogP contribution < -0.4 is 5.32 Å². The van der Waals surface area contributed by atoms with E-state index in [9.17, 15) is 4.79 Å². The number of ether oxygens (including phenoxy) is 1. The van der Waals surface area contributed by atoms with Gasteiger partial charge in [0, 0.05) is 19.6 Å². The standard InChI is InChI=1S/C13H17N3O2S/c1-18-7-9-5-11(19-8-9)12(17)14-10-3-2-4-13(6-10)15-16-13/h5,8,10H,2-4,6-7H2,1H3,(H,14,17). The van der Waals surface area contributed by atoms with Crippen LogP contribution in [0, 0.1) is 0 Å². The molecule has 2 heterocycles. The minimum Gasteiger partial charge on any atom is -0.380 e. The lowest BCUT2D eigenvalue weighted by Crippen LogP contribution is -2.40. The monoisotopic (exact) mass is 279 g/mol. The molecule has 1 aliphatic heterocycles. The summed E-state index contributed by atoms with van der Waals surface area (Å²) in [6.07, 6.45) is 4.00. The molecule has 1 aromatic rings. The first-order valence-electron chi connectivity index (χ1n) is 6.52. The molecule has 1 N–H and O–H groups in total. The number of amides is 1. The summed E-state index contributed by atoms with van der Waals surface area (Å²) in [6, 6.07) is 2.10. The highest BCUT2D eigenvalue weighted by atomic mass is 32.1. The van der Waals surface area contributed by atoms with E-state index in [0.717, 1.165) is 36.1 Å². The Kier molecular flexibility index (Phi) is 3.36. The first-order chi connectivity index (χ1) is 9.21. The average molecular weight is 279 g/mol. The van der Waals surface area contributed by atoms with Crippen LogP contribution in [0.2, 0.25) is 0 Å². The Morgan fingerprint density at radius 3 is 3.21 bits per heavy atom. The summed E-state index contributed by atoms with van der Waals surface area (Å²) in [6.45, 7) is 0.550. The molecule has 1 amide bonds. The van der Waals surface area contributed by atoms with Gasteiger partial charge in [0.25, 0.3) is 5.91 Å². The van der Waals surface area contributed by atoms with E-state index in [0.29, 0.717) is 6.61 Å². The van der Waals surface area contributed by atoms with Gasteiger partial charge in [0.15, 0.2) is 5.66 Å². The molecular formula is C13H17N3O2S. The van der Waals surface area contributed by atoms with Crippen molar-refractivity contribution in [3.05, 3.63) is 21.9 Å². The van der Waals surface area contributed by atoms with Gasteiger partial charge in [-0.3, -0.25) is 4.79 Å². The fourth-order valence-corrected chi connectivity index (χ4v) is 3.40. The summed E-state index contributed by atoms with van der Waals surface area (Å²) in [5.74, 6) is 0.00931. The minimum absolute atomic E-state index is 0.00931. The van der Waals surface area contributed by atoms with Crippen LogP contribution in [-0.2, 0) is 11.3 Å². The largest absolute Gasteiger partial charge is 0.380 e. The molecule has 0 radical (unpaired) electrons. The van der Waals surface area contributed by atoms with Crippen LogP contribution in [0.25, 0.3) is 0 Å². The lowest BCUT2D eigenvalue weighted by Gasteiger charge is -2.26. The molecule has 1 atom stereocenters. The normalized spacial score (nSPS) is 23.5. The van der Waals surface area contributed by atoms with Crippen LogP contribution in [0.5, 0.6) is 0 Å². The molecule has 6 heteroatoms. The van der Waals surface area contributed by atoms with E-state index in [1.807, 2.05) is 11.4 Å². The summed E-state index contributed by atoms with van der Waals surface area (Å²) < 4.78 is 5.06. The average Bonchev–Trinajstić information content (AvgIpc) is 2.96. The van der Waals surface area contributed by atoms with Crippen LogP contribution in [0.15, 0.2) is 21.7 Å². The van der Waals surface area contributed by atoms with Crippen molar-refractivity contribution in [2.45, 2.75) is 44.0 Å². The Morgan fingerprint density at radius 2 is 2.47 bits per heavy atom. The first-order valence-corrected chi connectivity index (χ1v) is 7.40. The molecular weight excluding hydrogens is 262 g/mol. The van der Waals surface area contributed by atoms with Gasteiger partial charge in [0.2, 0.25) is 0 Å². The molecule has 3 rings (SSSR count). The van der Waals surface area contributed by atoms with E-state index in [4.69, 9.17) is 4.74 Å². The molecule has 0 saturated heterocycles. The Labute approximate surface area is 116 Å². The second-order valence-corrected chi connectivity index (χ2v) is 6.11. The van der Waals surface area contributed by atoms with Crippen LogP contribution >= 0.6 is 11.3 Å². The van der Waals surface area contributed by atoms with Crippen molar-refractivity contribution in [1.82, 2.24) is 5.32 Å². The molecule has 1 saturated carbocycles. The zero-order valence-corrected chi connectivity index (χ0v) is 11.7. The fraction of sp³-hybridized carbons (Fsp3) is 0.615. The van der Waals surface area contributed by atoms with Crippen LogP contribution in [0.3, 0.4) is 0 Å². The Hall–Kier alpha value is -1.27. The van der Waals surface area contributed by atoms with Gasteiger partial charge in [-0.2, -0.15) is 10.2 Å². The minimum atomic E-state index is -0.146. The zero-order chi connectivity index (χ0) is 13.3. The van der Waals surface area contributed by atoms with Gasteiger partial charge in [-0.1, -0.05) is 0 Å². The second-order valence-electron chi connectivity index (χ2n) is 5.20. The third-order valence-corrected chi connectivity index (χ3v) is 4.59. The first kappa shape index (κ1) is 12.7. The molecule has 19 heavy (non-hydrogen) atoms. The zero-order valence-electron chi connectivity index (χ0n) is 10.9. The molecule has 1 fully saturated rings. The third-order valence-electron chi connectivity index (χ3n) is 3.61. The van der Waals surface area contributed by atoms with Gasteiger partial charge in [-0.25, -0.2) is 0 Å². The van der Waals surface area contributed by atoms with Gasteiger partial charge in [-0.15, -0.1) is 11.3 Å². The van der Waals surface area contributed by atoms with Gasteiger partial charge in [-0.05, 0) is 36.3 Å². The highest BCUT2D eigenvalue weighted by molar-refractivity contribution is 7.12. The van der Waals surface area contributed by atoms with E-state index in [1.165, 1.54) is 11.3 Å². The number of thiophene rings is 1. The molecule has 0 bridgehead atoms. The second kappa shape index (κ2) is 5.02. The van der Waals surface area contributed by atoms with E-state index in [2.05, 4.69) is 15.5 Å². The Balaban J connectivity index is 1.57. The summed E-state index contributed by atoms with van der Waals surface area (Å²) in [4.78, 5) is 12.9. The predicted octanol–water partition coefficient (Wildman–Crippen LogP) is 2.73.